The average Bonchev–Trinajstić information content (AvgIpc) is 2.52. The SMILES string of the molecule is CCCOc1ccc2c(=O)cc(-c3cccc(N)c3)oc2c1. The van der Waals surface area contributed by atoms with Gasteiger partial charge in [0.2, 0.25) is 0 Å². The Labute approximate surface area is 128 Å². The first-order chi connectivity index (χ1) is 10.7. The van der Waals surface area contributed by atoms with Crippen LogP contribution in [0.2, 0.25) is 0 Å². The van der Waals surface area contributed by atoms with Crippen molar-refractivity contribution in [3.8, 4) is 17.1 Å². The van der Waals surface area contributed by atoms with E-state index in [1.165, 1.54) is 6.07 Å². The standard InChI is InChI=1S/C18H17NO3/c1-2-8-21-14-6-7-15-16(20)11-17(22-18(15)10-14)12-4-3-5-13(19)9-12/h3-7,9-11H,2,8,19H2,1H3. The zero-order valence-corrected chi connectivity index (χ0v) is 12.3. The summed E-state index contributed by atoms with van der Waals surface area (Å²) in [7, 11) is 0. The lowest BCUT2D eigenvalue weighted by molar-refractivity contribution is 0.317. The highest BCUT2D eigenvalue weighted by Gasteiger charge is 2.08. The van der Waals surface area contributed by atoms with Crippen LogP contribution in [0.3, 0.4) is 0 Å². The molecule has 1 heterocycles. The summed E-state index contributed by atoms with van der Waals surface area (Å²) >= 11 is 0. The van der Waals surface area contributed by atoms with E-state index in [0.29, 0.717) is 34.8 Å². The van der Waals surface area contributed by atoms with Gasteiger partial charge in [0.25, 0.3) is 0 Å². The quantitative estimate of drug-likeness (QED) is 0.743. The summed E-state index contributed by atoms with van der Waals surface area (Å²) in [4.78, 5) is 12.3. The molecule has 0 saturated carbocycles. The highest BCUT2D eigenvalue weighted by molar-refractivity contribution is 5.80. The van der Waals surface area contributed by atoms with E-state index >= 15 is 0 Å². The summed E-state index contributed by atoms with van der Waals surface area (Å²) in [6.07, 6.45) is 0.922. The zero-order chi connectivity index (χ0) is 15.5. The normalized spacial score (nSPS) is 10.8. The van der Waals surface area contributed by atoms with Crippen molar-refractivity contribution in [3.63, 3.8) is 0 Å². The zero-order valence-electron chi connectivity index (χ0n) is 12.3. The molecular weight excluding hydrogens is 278 g/mol. The van der Waals surface area contributed by atoms with Crippen LogP contribution in [0.15, 0.2) is 57.7 Å². The molecule has 4 nitrogen and oxygen atoms in total. The summed E-state index contributed by atoms with van der Waals surface area (Å²) in [5.74, 6) is 1.19. The van der Waals surface area contributed by atoms with Gasteiger partial charge in [-0.2, -0.15) is 0 Å². The van der Waals surface area contributed by atoms with Crippen LogP contribution in [-0.2, 0) is 0 Å². The molecular formula is C18H17NO3. The molecule has 3 rings (SSSR count). The molecule has 2 aromatic carbocycles. The first kappa shape index (κ1) is 14.2. The number of nitrogens with two attached hydrogens (primary N) is 1. The minimum absolute atomic E-state index is 0.0827. The van der Waals surface area contributed by atoms with Gasteiger partial charge in [-0.15, -0.1) is 0 Å². The monoisotopic (exact) mass is 295 g/mol. The maximum Gasteiger partial charge on any atom is 0.193 e. The molecule has 0 radical (unpaired) electrons. The van der Waals surface area contributed by atoms with Crippen molar-refractivity contribution >= 4 is 16.7 Å². The Morgan fingerprint density at radius 2 is 2.00 bits per heavy atom. The Bertz CT molecular complexity index is 868. The average molecular weight is 295 g/mol. The smallest absolute Gasteiger partial charge is 0.193 e. The molecule has 112 valence electrons. The van der Waals surface area contributed by atoms with Crippen LogP contribution in [0.1, 0.15) is 13.3 Å². The highest BCUT2D eigenvalue weighted by atomic mass is 16.5. The molecule has 0 atom stereocenters. The second-order valence-electron chi connectivity index (χ2n) is 5.11. The van der Waals surface area contributed by atoms with E-state index in [-0.39, 0.29) is 5.43 Å². The fourth-order valence-electron chi connectivity index (χ4n) is 2.28. The van der Waals surface area contributed by atoms with Crippen LogP contribution < -0.4 is 15.9 Å². The second-order valence-corrected chi connectivity index (χ2v) is 5.11. The lowest BCUT2D eigenvalue weighted by Gasteiger charge is -2.07. The first-order valence-electron chi connectivity index (χ1n) is 7.24. The van der Waals surface area contributed by atoms with E-state index in [2.05, 4.69) is 0 Å². The number of hydrogen-bond donors (Lipinski definition) is 1. The molecule has 0 unspecified atom stereocenters. The van der Waals surface area contributed by atoms with E-state index in [0.717, 1.165) is 12.0 Å². The lowest BCUT2D eigenvalue weighted by Crippen LogP contribution is -2.01. The Morgan fingerprint density at radius 1 is 1.14 bits per heavy atom. The number of ether oxygens (including phenoxy) is 1. The van der Waals surface area contributed by atoms with Crippen LogP contribution in [0.4, 0.5) is 5.69 Å². The summed E-state index contributed by atoms with van der Waals surface area (Å²) in [6, 6.07) is 14.0. The maximum atomic E-state index is 12.3. The van der Waals surface area contributed by atoms with E-state index < -0.39 is 0 Å². The van der Waals surface area contributed by atoms with Gasteiger partial charge in [0, 0.05) is 23.4 Å². The minimum atomic E-state index is -0.0827. The molecule has 0 saturated heterocycles. The third kappa shape index (κ3) is 2.81. The molecule has 22 heavy (non-hydrogen) atoms. The van der Waals surface area contributed by atoms with Gasteiger partial charge in [0.05, 0.1) is 12.0 Å². The van der Waals surface area contributed by atoms with Gasteiger partial charge in [-0.3, -0.25) is 4.79 Å². The van der Waals surface area contributed by atoms with Gasteiger partial charge in [0.1, 0.15) is 17.1 Å². The van der Waals surface area contributed by atoms with E-state index in [4.69, 9.17) is 14.9 Å². The van der Waals surface area contributed by atoms with Gasteiger partial charge >= 0.3 is 0 Å². The Morgan fingerprint density at radius 3 is 2.77 bits per heavy atom. The molecule has 0 spiro atoms. The number of nitrogen functional groups attached to an aromatic ring is 1. The van der Waals surface area contributed by atoms with Crippen LogP contribution in [-0.4, -0.2) is 6.61 Å². The summed E-state index contributed by atoms with van der Waals surface area (Å²) in [6.45, 7) is 2.67. The molecule has 4 heteroatoms. The third-order valence-electron chi connectivity index (χ3n) is 3.34. The van der Waals surface area contributed by atoms with Crippen molar-refractivity contribution in [3.05, 3.63) is 58.8 Å². The molecule has 2 N–H and O–H groups in total. The van der Waals surface area contributed by atoms with Crippen molar-refractivity contribution in [1.29, 1.82) is 0 Å². The van der Waals surface area contributed by atoms with Gasteiger partial charge in [-0.05, 0) is 30.7 Å². The van der Waals surface area contributed by atoms with E-state index in [1.807, 2.05) is 19.1 Å². The molecule has 3 aromatic rings. The first-order valence-corrected chi connectivity index (χ1v) is 7.24. The van der Waals surface area contributed by atoms with Gasteiger partial charge in [-0.25, -0.2) is 0 Å². The van der Waals surface area contributed by atoms with E-state index in [9.17, 15) is 4.79 Å². The van der Waals surface area contributed by atoms with Gasteiger partial charge in [-0.1, -0.05) is 19.1 Å². The predicted molar refractivity (Wildman–Crippen MR) is 88.1 cm³/mol. The van der Waals surface area contributed by atoms with E-state index in [1.54, 1.807) is 30.3 Å². The molecule has 0 amide bonds. The Hall–Kier alpha value is -2.75. The van der Waals surface area contributed by atoms with Gasteiger partial charge in [0.15, 0.2) is 5.43 Å². The maximum absolute atomic E-state index is 12.3. The van der Waals surface area contributed by atoms with Crippen LogP contribution >= 0.6 is 0 Å². The van der Waals surface area contributed by atoms with Crippen molar-refractivity contribution in [2.45, 2.75) is 13.3 Å². The molecule has 0 aliphatic carbocycles. The lowest BCUT2D eigenvalue weighted by atomic mass is 10.1. The molecule has 0 aliphatic rings. The summed E-state index contributed by atoms with van der Waals surface area (Å²) in [5.41, 5.74) is 7.62. The molecule has 0 fully saturated rings. The number of anilines is 1. The van der Waals surface area contributed by atoms with Gasteiger partial charge < -0.3 is 14.9 Å². The molecule has 1 aromatic heterocycles. The van der Waals surface area contributed by atoms with Crippen molar-refractivity contribution in [2.24, 2.45) is 0 Å². The number of rotatable bonds is 4. The van der Waals surface area contributed by atoms with Crippen LogP contribution in [0.25, 0.3) is 22.3 Å². The predicted octanol–water partition coefficient (Wildman–Crippen LogP) is 3.83. The number of hydrogen-bond acceptors (Lipinski definition) is 4. The second kappa shape index (κ2) is 5.93. The summed E-state index contributed by atoms with van der Waals surface area (Å²) in [5, 5.41) is 0.538. The Balaban J connectivity index is 2.11. The van der Waals surface area contributed by atoms with Crippen molar-refractivity contribution < 1.29 is 9.15 Å². The largest absolute Gasteiger partial charge is 0.493 e. The fourth-order valence-corrected chi connectivity index (χ4v) is 2.28. The topological polar surface area (TPSA) is 65.5 Å². The highest BCUT2D eigenvalue weighted by Crippen LogP contribution is 2.26. The fraction of sp³-hybridized carbons (Fsp3) is 0.167. The number of benzene rings is 2. The molecule has 0 bridgehead atoms. The number of fused-ring (bicyclic) bond motifs is 1. The third-order valence-corrected chi connectivity index (χ3v) is 3.34. The van der Waals surface area contributed by atoms with Crippen molar-refractivity contribution in [2.75, 3.05) is 12.3 Å². The van der Waals surface area contributed by atoms with Crippen LogP contribution in [0, 0.1) is 0 Å². The Kier molecular flexibility index (Phi) is 3.83. The minimum Gasteiger partial charge on any atom is -0.493 e. The van der Waals surface area contributed by atoms with Crippen molar-refractivity contribution in [1.82, 2.24) is 0 Å². The van der Waals surface area contributed by atoms with Crippen LogP contribution in [0.5, 0.6) is 5.75 Å². The summed E-state index contributed by atoms with van der Waals surface area (Å²) < 4.78 is 11.5. The molecule has 0 aliphatic heterocycles.